The molecule has 1 aliphatic heterocycles. The van der Waals surface area contributed by atoms with E-state index in [1.165, 1.54) is 51.4 Å². The van der Waals surface area contributed by atoms with Crippen LogP contribution in [0.1, 0.15) is 57.8 Å². The van der Waals surface area contributed by atoms with Gasteiger partial charge in [0.2, 0.25) is 0 Å². The average molecular weight is 226 g/mol. The third-order valence-corrected chi connectivity index (χ3v) is 3.97. The van der Waals surface area contributed by atoms with Gasteiger partial charge in [-0.15, -0.1) is 0 Å². The van der Waals surface area contributed by atoms with E-state index < -0.39 is 0 Å². The molecule has 0 radical (unpaired) electrons. The van der Waals surface area contributed by atoms with Crippen LogP contribution >= 0.6 is 0 Å². The Labute approximate surface area is 99.7 Å². The molecule has 16 heavy (non-hydrogen) atoms. The molecule has 2 rings (SSSR count). The molecule has 0 spiro atoms. The molecule has 1 unspecified atom stereocenters. The van der Waals surface area contributed by atoms with Crippen molar-refractivity contribution in [1.29, 1.82) is 0 Å². The first-order chi connectivity index (χ1) is 7.97. The van der Waals surface area contributed by atoms with E-state index in [2.05, 4.69) is 0 Å². The van der Waals surface area contributed by atoms with Gasteiger partial charge in [0.1, 0.15) is 0 Å². The molecule has 2 nitrogen and oxygen atoms in total. The van der Waals surface area contributed by atoms with Crippen molar-refractivity contribution in [3.8, 4) is 0 Å². The quantitative estimate of drug-likeness (QED) is 0.681. The van der Waals surface area contributed by atoms with E-state index in [9.17, 15) is 0 Å². The lowest BCUT2D eigenvalue weighted by Crippen LogP contribution is -2.31. The highest BCUT2D eigenvalue weighted by molar-refractivity contribution is 4.73. The Morgan fingerprint density at radius 3 is 2.19 bits per heavy atom. The van der Waals surface area contributed by atoms with Crippen molar-refractivity contribution < 1.29 is 9.47 Å². The van der Waals surface area contributed by atoms with Crippen molar-refractivity contribution in [2.24, 2.45) is 5.92 Å². The van der Waals surface area contributed by atoms with Gasteiger partial charge in [0.15, 0.2) is 0 Å². The second-order valence-electron chi connectivity index (χ2n) is 5.30. The smallest absolute Gasteiger partial charge is 0.0836 e. The third-order valence-electron chi connectivity index (χ3n) is 3.97. The topological polar surface area (TPSA) is 18.5 Å². The second-order valence-corrected chi connectivity index (χ2v) is 5.30. The maximum Gasteiger partial charge on any atom is 0.0836 e. The molecule has 0 amide bonds. The van der Waals surface area contributed by atoms with Crippen molar-refractivity contribution in [2.75, 3.05) is 19.8 Å². The summed E-state index contributed by atoms with van der Waals surface area (Å²) in [6, 6.07) is 0. The fourth-order valence-electron chi connectivity index (χ4n) is 2.92. The first kappa shape index (κ1) is 12.4. The molecule has 94 valence electrons. The molecule has 1 heterocycles. The van der Waals surface area contributed by atoms with Crippen LogP contribution < -0.4 is 0 Å². The van der Waals surface area contributed by atoms with Gasteiger partial charge in [-0.25, -0.2) is 0 Å². The zero-order valence-corrected chi connectivity index (χ0v) is 10.5. The largest absolute Gasteiger partial charge is 0.379 e. The maximum absolute atomic E-state index is 5.99. The molecule has 2 fully saturated rings. The second kappa shape index (κ2) is 7.29. The maximum atomic E-state index is 5.99. The van der Waals surface area contributed by atoms with Crippen molar-refractivity contribution in [3.63, 3.8) is 0 Å². The minimum Gasteiger partial charge on any atom is -0.379 e. The van der Waals surface area contributed by atoms with Crippen LogP contribution in [0, 0.1) is 5.92 Å². The van der Waals surface area contributed by atoms with Crippen molar-refractivity contribution in [3.05, 3.63) is 0 Å². The average Bonchev–Trinajstić information content (AvgIpc) is 2.18. The number of rotatable bonds is 1. The summed E-state index contributed by atoms with van der Waals surface area (Å²) in [6.07, 6.45) is 12.5. The van der Waals surface area contributed by atoms with Gasteiger partial charge in [-0.3, -0.25) is 0 Å². The molecule has 0 N–H and O–H groups in total. The van der Waals surface area contributed by atoms with Gasteiger partial charge >= 0.3 is 0 Å². The van der Waals surface area contributed by atoms with Gasteiger partial charge < -0.3 is 9.47 Å². The normalized spacial score (nSPS) is 31.1. The Morgan fingerprint density at radius 1 is 0.688 bits per heavy atom. The molecule has 0 aromatic carbocycles. The molecule has 1 saturated heterocycles. The monoisotopic (exact) mass is 226 g/mol. The Balaban J connectivity index is 1.81. The van der Waals surface area contributed by atoms with E-state index in [1.54, 1.807) is 0 Å². The summed E-state index contributed by atoms with van der Waals surface area (Å²) < 4.78 is 11.7. The molecule has 0 bridgehead atoms. The van der Waals surface area contributed by atoms with Crippen LogP contribution in [0.2, 0.25) is 0 Å². The van der Waals surface area contributed by atoms with E-state index in [1.807, 2.05) is 0 Å². The molecule has 1 atom stereocenters. The van der Waals surface area contributed by atoms with E-state index in [4.69, 9.17) is 9.47 Å². The standard InChI is InChI=1S/C14H26O2/c1-2-4-8-13(9-5-3-1)14-12-15-10-6-7-11-16-14/h13-14H,1-12H2. The molecule has 0 aromatic heterocycles. The molecule has 1 aliphatic carbocycles. The molecular formula is C14H26O2. The lowest BCUT2D eigenvalue weighted by Gasteiger charge is -2.30. The number of ether oxygens (including phenoxy) is 2. The van der Waals surface area contributed by atoms with E-state index in [-0.39, 0.29) is 0 Å². The van der Waals surface area contributed by atoms with Gasteiger partial charge in [-0.05, 0) is 31.6 Å². The highest BCUT2D eigenvalue weighted by Crippen LogP contribution is 2.27. The minimum absolute atomic E-state index is 0.387. The van der Waals surface area contributed by atoms with E-state index in [0.717, 1.165) is 32.2 Å². The van der Waals surface area contributed by atoms with Gasteiger partial charge in [-0.2, -0.15) is 0 Å². The Kier molecular flexibility index (Phi) is 5.64. The molecule has 1 saturated carbocycles. The summed E-state index contributed by atoms with van der Waals surface area (Å²) in [4.78, 5) is 0. The van der Waals surface area contributed by atoms with Crippen LogP contribution in [0.15, 0.2) is 0 Å². The Bertz CT molecular complexity index is 146. The molecule has 0 aromatic rings. The third kappa shape index (κ3) is 4.06. The van der Waals surface area contributed by atoms with Crippen LogP contribution in [0.5, 0.6) is 0 Å². The Morgan fingerprint density at radius 2 is 1.38 bits per heavy atom. The zero-order valence-electron chi connectivity index (χ0n) is 10.5. The van der Waals surface area contributed by atoms with Crippen molar-refractivity contribution in [1.82, 2.24) is 0 Å². The van der Waals surface area contributed by atoms with E-state index in [0.29, 0.717) is 6.10 Å². The first-order valence-corrected chi connectivity index (χ1v) is 7.16. The molecule has 2 aliphatic rings. The summed E-state index contributed by atoms with van der Waals surface area (Å²) >= 11 is 0. The van der Waals surface area contributed by atoms with Gasteiger partial charge in [0, 0.05) is 13.2 Å². The predicted molar refractivity (Wildman–Crippen MR) is 65.6 cm³/mol. The fraction of sp³-hybridized carbons (Fsp3) is 1.00. The fourth-order valence-corrected chi connectivity index (χ4v) is 2.92. The van der Waals surface area contributed by atoms with Crippen LogP contribution in [0.3, 0.4) is 0 Å². The lowest BCUT2D eigenvalue weighted by molar-refractivity contribution is -0.0685. The summed E-state index contributed by atoms with van der Waals surface area (Å²) in [5.74, 6) is 0.762. The zero-order chi connectivity index (χ0) is 11.1. The van der Waals surface area contributed by atoms with Crippen LogP contribution in [-0.2, 0) is 9.47 Å². The van der Waals surface area contributed by atoms with Gasteiger partial charge in [0.05, 0.1) is 12.7 Å². The van der Waals surface area contributed by atoms with Crippen LogP contribution in [-0.4, -0.2) is 25.9 Å². The minimum atomic E-state index is 0.387. The van der Waals surface area contributed by atoms with E-state index >= 15 is 0 Å². The highest BCUT2D eigenvalue weighted by atomic mass is 16.5. The summed E-state index contributed by atoms with van der Waals surface area (Å²) in [6.45, 7) is 2.72. The Hall–Kier alpha value is -0.0800. The van der Waals surface area contributed by atoms with Gasteiger partial charge in [-0.1, -0.05) is 32.1 Å². The summed E-state index contributed by atoms with van der Waals surface area (Å²) in [7, 11) is 0. The van der Waals surface area contributed by atoms with Crippen molar-refractivity contribution >= 4 is 0 Å². The van der Waals surface area contributed by atoms with Crippen molar-refractivity contribution in [2.45, 2.75) is 63.9 Å². The van der Waals surface area contributed by atoms with Crippen LogP contribution in [0.25, 0.3) is 0 Å². The molecular weight excluding hydrogens is 200 g/mol. The first-order valence-electron chi connectivity index (χ1n) is 7.16. The van der Waals surface area contributed by atoms with Gasteiger partial charge in [0.25, 0.3) is 0 Å². The lowest BCUT2D eigenvalue weighted by atomic mass is 9.87. The number of hydrogen-bond donors (Lipinski definition) is 0. The summed E-state index contributed by atoms with van der Waals surface area (Å²) in [5, 5.41) is 0. The van der Waals surface area contributed by atoms with Crippen LogP contribution in [0.4, 0.5) is 0 Å². The predicted octanol–water partition coefficient (Wildman–Crippen LogP) is 3.54. The molecule has 2 heteroatoms. The highest BCUT2D eigenvalue weighted by Gasteiger charge is 2.23. The number of hydrogen-bond acceptors (Lipinski definition) is 2. The summed E-state index contributed by atoms with van der Waals surface area (Å²) in [5.41, 5.74) is 0. The SMILES string of the molecule is C1CCCC(C2COCCCCO2)CCC1.